The standard InChI is InChI=1S/C7H14NO2/c1-9-4-2-7-6-8-3-5-10-7/h7H,2-6H2,1H3. The molecule has 0 amide bonds. The minimum Gasteiger partial charge on any atom is -0.385 e. The van der Waals surface area contributed by atoms with E-state index in [9.17, 15) is 0 Å². The Balaban J connectivity index is 2.02. The van der Waals surface area contributed by atoms with Gasteiger partial charge in [-0.2, -0.15) is 0 Å². The van der Waals surface area contributed by atoms with Crippen LogP contribution in [-0.4, -0.2) is 39.5 Å². The first-order valence-electron chi connectivity index (χ1n) is 3.67. The summed E-state index contributed by atoms with van der Waals surface area (Å²) >= 11 is 0. The largest absolute Gasteiger partial charge is 0.385 e. The van der Waals surface area contributed by atoms with Crippen LogP contribution in [0.5, 0.6) is 0 Å². The second kappa shape index (κ2) is 4.66. The lowest BCUT2D eigenvalue weighted by atomic mass is 10.2. The second-order valence-electron chi connectivity index (χ2n) is 2.40. The molecule has 3 heteroatoms. The minimum atomic E-state index is 0.314. The third-order valence-corrected chi connectivity index (χ3v) is 1.58. The summed E-state index contributed by atoms with van der Waals surface area (Å²) in [6.45, 7) is 3.28. The van der Waals surface area contributed by atoms with Crippen LogP contribution in [0.15, 0.2) is 0 Å². The van der Waals surface area contributed by atoms with Crippen molar-refractivity contribution in [2.24, 2.45) is 0 Å². The van der Waals surface area contributed by atoms with Gasteiger partial charge in [-0.15, -0.1) is 0 Å². The lowest BCUT2D eigenvalue weighted by molar-refractivity contribution is 0.00760. The van der Waals surface area contributed by atoms with Gasteiger partial charge in [0.25, 0.3) is 0 Å². The highest BCUT2D eigenvalue weighted by Crippen LogP contribution is 2.01. The molecule has 1 heterocycles. The first kappa shape index (κ1) is 7.98. The molecule has 1 aliphatic heterocycles. The van der Waals surface area contributed by atoms with Crippen LogP contribution < -0.4 is 5.32 Å². The van der Waals surface area contributed by atoms with Crippen molar-refractivity contribution in [3.8, 4) is 0 Å². The third kappa shape index (κ3) is 2.64. The van der Waals surface area contributed by atoms with E-state index in [1.54, 1.807) is 7.11 Å². The maximum Gasteiger partial charge on any atom is 0.0738 e. The van der Waals surface area contributed by atoms with Crippen molar-refractivity contribution in [2.75, 3.05) is 33.4 Å². The van der Waals surface area contributed by atoms with E-state index < -0.39 is 0 Å². The molecule has 1 rings (SSSR count). The van der Waals surface area contributed by atoms with Gasteiger partial charge in [0.15, 0.2) is 0 Å². The van der Waals surface area contributed by atoms with Gasteiger partial charge in [-0.25, -0.2) is 5.32 Å². The number of hydrogen-bond donors (Lipinski definition) is 0. The molecule has 0 spiro atoms. The highest BCUT2D eigenvalue weighted by atomic mass is 16.5. The van der Waals surface area contributed by atoms with Crippen molar-refractivity contribution in [1.29, 1.82) is 0 Å². The van der Waals surface area contributed by atoms with Crippen molar-refractivity contribution in [3.63, 3.8) is 0 Å². The molecule has 0 N–H and O–H groups in total. The molecule has 1 radical (unpaired) electrons. The van der Waals surface area contributed by atoms with Crippen molar-refractivity contribution in [2.45, 2.75) is 12.5 Å². The Bertz CT molecular complexity index is 81.7. The molecule has 1 atom stereocenters. The number of morpholine rings is 1. The van der Waals surface area contributed by atoms with Gasteiger partial charge in [0.05, 0.1) is 12.7 Å². The normalized spacial score (nSPS) is 26.7. The predicted octanol–water partition coefficient (Wildman–Crippen LogP) is 0.0261. The van der Waals surface area contributed by atoms with E-state index in [1.807, 2.05) is 0 Å². The van der Waals surface area contributed by atoms with Crippen LogP contribution in [-0.2, 0) is 9.47 Å². The maximum atomic E-state index is 5.41. The molecule has 0 saturated carbocycles. The maximum absolute atomic E-state index is 5.41. The van der Waals surface area contributed by atoms with Gasteiger partial charge in [-0.3, -0.25) is 0 Å². The molecular formula is C7H14NO2. The Morgan fingerprint density at radius 3 is 3.20 bits per heavy atom. The molecule has 0 aromatic rings. The summed E-state index contributed by atoms with van der Waals surface area (Å²) in [7, 11) is 1.71. The molecule has 3 nitrogen and oxygen atoms in total. The smallest absolute Gasteiger partial charge is 0.0738 e. The fourth-order valence-corrected chi connectivity index (χ4v) is 0.996. The summed E-state index contributed by atoms with van der Waals surface area (Å²) in [5.41, 5.74) is 0. The van der Waals surface area contributed by atoms with E-state index in [4.69, 9.17) is 9.47 Å². The van der Waals surface area contributed by atoms with Crippen LogP contribution in [0.25, 0.3) is 0 Å². The average Bonchev–Trinajstić information content (AvgIpc) is 2.03. The van der Waals surface area contributed by atoms with Crippen molar-refractivity contribution in [1.82, 2.24) is 5.32 Å². The van der Waals surface area contributed by atoms with E-state index in [0.29, 0.717) is 6.10 Å². The molecule has 0 bridgehead atoms. The van der Waals surface area contributed by atoms with Gasteiger partial charge in [-0.1, -0.05) is 0 Å². The molecule has 59 valence electrons. The zero-order valence-corrected chi connectivity index (χ0v) is 6.38. The summed E-state index contributed by atoms with van der Waals surface area (Å²) in [4.78, 5) is 0. The third-order valence-electron chi connectivity index (χ3n) is 1.58. The number of hydrogen-bond acceptors (Lipinski definition) is 2. The fraction of sp³-hybridized carbons (Fsp3) is 1.00. The van der Waals surface area contributed by atoms with Crippen LogP contribution in [0.2, 0.25) is 0 Å². The molecule has 1 aliphatic rings. The zero-order valence-electron chi connectivity index (χ0n) is 6.38. The lowest BCUT2D eigenvalue weighted by Crippen LogP contribution is -2.34. The van der Waals surface area contributed by atoms with Gasteiger partial charge >= 0.3 is 0 Å². The molecule has 0 aromatic heterocycles. The van der Waals surface area contributed by atoms with Gasteiger partial charge < -0.3 is 9.47 Å². The number of nitrogens with zero attached hydrogens (tertiary/aromatic N) is 1. The molecule has 1 saturated heterocycles. The molecule has 1 fully saturated rings. The molecule has 10 heavy (non-hydrogen) atoms. The summed E-state index contributed by atoms with van der Waals surface area (Å²) in [5, 5.41) is 4.23. The number of rotatable bonds is 3. The SMILES string of the molecule is COCCC1C[N]CCO1. The van der Waals surface area contributed by atoms with Crippen molar-refractivity contribution >= 4 is 0 Å². The highest BCUT2D eigenvalue weighted by Gasteiger charge is 2.12. The van der Waals surface area contributed by atoms with Gasteiger partial charge in [0.1, 0.15) is 0 Å². The quantitative estimate of drug-likeness (QED) is 0.559. The van der Waals surface area contributed by atoms with Gasteiger partial charge in [0.2, 0.25) is 0 Å². The Morgan fingerprint density at radius 1 is 1.70 bits per heavy atom. The molecule has 0 aliphatic carbocycles. The van der Waals surface area contributed by atoms with Crippen LogP contribution in [0, 0.1) is 0 Å². The van der Waals surface area contributed by atoms with Crippen LogP contribution in [0.1, 0.15) is 6.42 Å². The summed E-state index contributed by atoms with van der Waals surface area (Å²) in [5.74, 6) is 0. The Morgan fingerprint density at radius 2 is 2.60 bits per heavy atom. The summed E-state index contributed by atoms with van der Waals surface area (Å²) < 4.78 is 10.3. The molecule has 0 aromatic carbocycles. The van der Waals surface area contributed by atoms with E-state index in [-0.39, 0.29) is 0 Å². The monoisotopic (exact) mass is 144 g/mol. The van der Waals surface area contributed by atoms with Crippen LogP contribution in [0.4, 0.5) is 0 Å². The van der Waals surface area contributed by atoms with E-state index in [1.165, 1.54) is 0 Å². The van der Waals surface area contributed by atoms with Crippen molar-refractivity contribution in [3.05, 3.63) is 0 Å². The average molecular weight is 144 g/mol. The second-order valence-corrected chi connectivity index (χ2v) is 2.40. The Labute approximate surface area is 61.7 Å². The first-order chi connectivity index (χ1) is 4.93. The van der Waals surface area contributed by atoms with Gasteiger partial charge in [-0.05, 0) is 6.42 Å². The van der Waals surface area contributed by atoms with Crippen LogP contribution >= 0.6 is 0 Å². The van der Waals surface area contributed by atoms with Gasteiger partial charge in [0, 0.05) is 26.8 Å². The summed E-state index contributed by atoms with van der Waals surface area (Å²) in [6, 6.07) is 0. The van der Waals surface area contributed by atoms with E-state index in [0.717, 1.165) is 32.7 Å². The Hall–Kier alpha value is -0.120. The molecule has 1 unspecified atom stereocenters. The fourth-order valence-electron chi connectivity index (χ4n) is 0.996. The van der Waals surface area contributed by atoms with Crippen LogP contribution in [0.3, 0.4) is 0 Å². The first-order valence-corrected chi connectivity index (χ1v) is 3.67. The Kier molecular flexibility index (Phi) is 3.72. The molecular weight excluding hydrogens is 130 g/mol. The van der Waals surface area contributed by atoms with E-state index >= 15 is 0 Å². The number of ether oxygens (including phenoxy) is 2. The minimum absolute atomic E-state index is 0.314. The lowest BCUT2D eigenvalue weighted by Gasteiger charge is -2.21. The zero-order chi connectivity index (χ0) is 7.23. The van der Waals surface area contributed by atoms with E-state index in [2.05, 4.69) is 5.32 Å². The predicted molar refractivity (Wildman–Crippen MR) is 38.1 cm³/mol. The highest BCUT2D eigenvalue weighted by molar-refractivity contribution is 4.65. The number of methoxy groups -OCH3 is 1. The topological polar surface area (TPSA) is 32.6 Å². The summed E-state index contributed by atoms with van der Waals surface area (Å²) in [6.07, 6.45) is 1.29. The van der Waals surface area contributed by atoms with Crippen molar-refractivity contribution < 1.29 is 9.47 Å².